The van der Waals surface area contributed by atoms with Crippen LogP contribution < -0.4 is 5.32 Å². The van der Waals surface area contributed by atoms with Crippen LogP contribution in [0.1, 0.15) is 43.0 Å². The second kappa shape index (κ2) is 7.19. The summed E-state index contributed by atoms with van der Waals surface area (Å²) >= 11 is 5.92. The molecule has 1 rings (SSSR count). The maximum absolute atomic E-state index is 12.0. The monoisotopic (exact) mass is 298 g/mol. The fourth-order valence-corrected chi connectivity index (χ4v) is 1.55. The van der Waals surface area contributed by atoms with E-state index in [0.29, 0.717) is 12.4 Å². The summed E-state index contributed by atoms with van der Waals surface area (Å²) in [6.45, 7) is 6.20. The number of hydrogen-bond donors (Lipinski definition) is 1. The van der Waals surface area contributed by atoms with Crippen LogP contribution in [0.15, 0.2) is 6.20 Å². The number of carbonyl (C=O) groups excluding carboxylic acids is 2. The third-order valence-corrected chi connectivity index (χ3v) is 3.07. The molecule has 20 heavy (non-hydrogen) atoms. The molecule has 1 N–H and O–H groups in total. The molecule has 0 aliphatic heterocycles. The smallest absolute Gasteiger partial charge is 0.272 e. The predicted molar refractivity (Wildman–Crippen MR) is 76.8 cm³/mol. The highest BCUT2D eigenvalue weighted by Crippen LogP contribution is 2.16. The van der Waals surface area contributed by atoms with Crippen molar-refractivity contribution in [2.45, 2.75) is 26.7 Å². The standard InChI is InChI=1S/C13H19ClN4O2/c1-5-18(4)10(19)7-16-13(20)11-9(14)6-15-12(17-11)8(2)3/h6,8H,5,7H2,1-4H3,(H,16,20). The summed E-state index contributed by atoms with van der Waals surface area (Å²) in [6.07, 6.45) is 1.40. The molecule has 1 aromatic rings. The molecule has 7 heteroatoms. The summed E-state index contributed by atoms with van der Waals surface area (Å²) in [5, 5.41) is 2.69. The summed E-state index contributed by atoms with van der Waals surface area (Å²) in [7, 11) is 1.67. The Labute approximate surface area is 123 Å². The Balaban J connectivity index is 2.77. The van der Waals surface area contributed by atoms with Gasteiger partial charge in [0.1, 0.15) is 11.5 Å². The lowest BCUT2D eigenvalue weighted by molar-refractivity contribution is -0.128. The van der Waals surface area contributed by atoms with Gasteiger partial charge < -0.3 is 10.2 Å². The molecule has 1 heterocycles. The number of likely N-dealkylation sites (N-methyl/N-ethyl adjacent to an activating group) is 1. The van der Waals surface area contributed by atoms with Crippen LogP contribution in [0.2, 0.25) is 5.02 Å². The highest BCUT2D eigenvalue weighted by Gasteiger charge is 2.16. The van der Waals surface area contributed by atoms with E-state index in [1.807, 2.05) is 20.8 Å². The number of carbonyl (C=O) groups is 2. The van der Waals surface area contributed by atoms with Crippen LogP contribution in [0.5, 0.6) is 0 Å². The van der Waals surface area contributed by atoms with Crippen LogP contribution in [-0.4, -0.2) is 46.8 Å². The Morgan fingerprint density at radius 1 is 1.45 bits per heavy atom. The molecule has 0 atom stereocenters. The zero-order valence-corrected chi connectivity index (χ0v) is 12.9. The number of rotatable bonds is 5. The Hall–Kier alpha value is -1.69. The Bertz CT molecular complexity index is 505. The maximum atomic E-state index is 12.0. The van der Waals surface area contributed by atoms with Crippen molar-refractivity contribution in [2.75, 3.05) is 20.1 Å². The first kappa shape index (κ1) is 16.4. The van der Waals surface area contributed by atoms with Gasteiger partial charge in [-0.15, -0.1) is 0 Å². The second-order valence-electron chi connectivity index (χ2n) is 4.67. The zero-order valence-electron chi connectivity index (χ0n) is 12.1. The molecule has 0 spiro atoms. The second-order valence-corrected chi connectivity index (χ2v) is 5.08. The van der Waals surface area contributed by atoms with E-state index < -0.39 is 5.91 Å². The Morgan fingerprint density at radius 2 is 2.10 bits per heavy atom. The van der Waals surface area contributed by atoms with E-state index in [2.05, 4.69) is 15.3 Å². The van der Waals surface area contributed by atoms with Gasteiger partial charge in [-0.25, -0.2) is 9.97 Å². The van der Waals surface area contributed by atoms with E-state index >= 15 is 0 Å². The lowest BCUT2D eigenvalue weighted by Crippen LogP contribution is -2.38. The van der Waals surface area contributed by atoms with Crippen LogP contribution in [0, 0.1) is 0 Å². The first-order chi connectivity index (χ1) is 9.36. The van der Waals surface area contributed by atoms with Gasteiger partial charge in [-0.05, 0) is 6.92 Å². The third-order valence-electron chi connectivity index (χ3n) is 2.79. The van der Waals surface area contributed by atoms with E-state index in [-0.39, 0.29) is 29.1 Å². The molecule has 0 saturated heterocycles. The molecule has 110 valence electrons. The van der Waals surface area contributed by atoms with Crippen molar-refractivity contribution in [1.29, 1.82) is 0 Å². The lowest BCUT2D eigenvalue weighted by atomic mass is 10.2. The summed E-state index contributed by atoms with van der Waals surface area (Å²) < 4.78 is 0. The Kier molecular flexibility index (Phi) is 5.88. The Morgan fingerprint density at radius 3 is 2.65 bits per heavy atom. The number of hydrogen-bond acceptors (Lipinski definition) is 4. The maximum Gasteiger partial charge on any atom is 0.272 e. The lowest BCUT2D eigenvalue weighted by Gasteiger charge is -2.15. The summed E-state index contributed by atoms with van der Waals surface area (Å²) in [5.41, 5.74) is 0.0947. The average Bonchev–Trinajstić information content (AvgIpc) is 2.43. The van der Waals surface area contributed by atoms with E-state index in [1.165, 1.54) is 11.1 Å². The SMILES string of the molecule is CCN(C)C(=O)CNC(=O)c1nc(C(C)C)ncc1Cl. The molecule has 0 radical (unpaired) electrons. The van der Waals surface area contributed by atoms with Crippen LogP contribution in [0.3, 0.4) is 0 Å². The molecule has 0 aromatic carbocycles. The van der Waals surface area contributed by atoms with Gasteiger partial charge in [0, 0.05) is 19.5 Å². The average molecular weight is 299 g/mol. The molecule has 0 unspecified atom stereocenters. The molecular weight excluding hydrogens is 280 g/mol. The van der Waals surface area contributed by atoms with E-state index in [9.17, 15) is 9.59 Å². The minimum Gasteiger partial charge on any atom is -0.345 e. The van der Waals surface area contributed by atoms with Crippen LogP contribution in [-0.2, 0) is 4.79 Å². The fraction of sp³-hybridized carbons (Fsp3) is 0.538. The van der Waals surface area contributed by atoms with Crippen LogP contribution in [0.4, 0.5) is 0 Å². The number of amides is 2. The molecule has 0 fully saturated rings. The first-order valence-corrected chi connectivity index (χ1v) is 6.79. The van der Waals surface area contributed by atoms with Gasteiger partial charge in [0.15, 0.2) is 0 Å². The summed E-state index contributed by atoms with van der Waals surface area (Å²) in [6, 6.07) is 0. The minimum atomic E-state index is -0.475. The molecule has 0 bridgehead atoms. The van der Waals surface area contributed by atoms with Crippen molar-refractivity contribution in [3.63, 3.8) is 0 Å². The van der Waals surface area contributed by atoms with Crippen molar-refractivity contribution >= 4 is 23.4 Å². The van der Waals surface area contributed by atoms with Crippen LogP contribution in [0.25, 0.3) is 0 Å². The molecule has 6 nitrogen and oxygen atoms in total. The van der Waals surface area contributed by atoms with Gasteiger partial charge in [-0.3, -0.25) is 9.59 Å². The zero-order chi connectivity index (χ0) is 15.3. The highest BCUT2D eigenvalue weighted by molar-refractivity contribution is 6.33. The third kappa shape index (κ3) is 4.16. The fourth-order valence-electron chi connectivity index (χ4n) is 1.37. The van der Waals surface area contributed by atoms with Gasteiger partial charge in [0.2, 0.25) is 5.91 Å². The van der Waals surface area contributed by atoms with Crippen LogP contribution >= 0.6 is 11.6 Å². The number of nitrogens with one attached hydrogen (secondary N) is 1. The summed E-state index contributed by atoms with van der Waals surface area (Å²) in [4.78, 5) is 33.3. The van der Waals surface area contributed by atoms with Gasteiger partial charge in [0.25, 0.3) is 5.91 Å². The largest absolute Gasteiger partial charge is 0.345 e. The van der Waals surface area contributed by atoms with Crippen molar-refractivity contribution in [2.24, 2.45) is 0 Å². The number of aromatic nitrogens is 2. The van der Waals surface area contributed by atoms with Gasteiger partial charge >= 0.3 is 0 Å². The molecule has 2 amide bonds. The molecule has 0 aliphatic carbocycles. The van der Waals surface area contributed by atoms with Crippen molar-refractivity contribution in [3.8, 4) is 0 Å². The van der Waals surface area contributed by atoms with E-state index in [0.717, 1.165) is 0 Å². The van der Waals surface area contributed by atoms with Crippen molar-refractivity contribution < 1.29 is 9.59 Å². The molecule has 1 aromatic heterocycles. The minimum absolute atomic E-state index is 0.0828. The highest BCUT2D eigenvalue weighted by atomic mass is 35.5. The quantitative estimate of drug-likeness (QED) is 0.893. The van der Waals surface area contributed by atoms with E-state index in [4.69, 9.17) is 11.6 Å². The topological polar surface area (TPSA) is 75.2 Å². The molecule has 0 aliphatic rings. The summed E-state index contributed by atoms with van der Waals surface area (Å²) in [5.74, 6) is -0.0181. The molecular formula is C13H19ClN4O2. The van der Waals surface area contributed by atoms with Gasteiger partial charge in [-0.2, -0.15) is 0 Å². The van der Waals surface area contributed by atoms with E-state index in [1.54, 1.807) is 7.05 Å². The van der Waals surface area contributed by atoms with Gasteiger partial charge in [0.05, 0.1) is 17.8 Å². The normalized spacial score (nSPS) is 10.5. The van der Waals surface area contributed by atoms with Gasteiger partial charge in [-0.1, -0.05) is 25.4 Å². The predicted octanol–water partition coefficient (Wildman–Crippen LogP) is 1.46. The molecule has 0 saturated carbocycles. The van der Waals surface area contributed by atoms with Crippen molar-refractivity contribution in [1.82, 2.24) is 20.2 Å². The van der Waals surface area contributed by atoms with Crippen molar-refractivity contribution in [3.05, 3.63) is 22.7 Å². The number of halogens is 1. The number of nitrogens with zero attached hydrogens (tertiary/aromatic N) is 3. The first-order valence-electron chi connectivity index (χ1n) is 6.41.